The summed E-state index contributed by atoms with van der Waals surface area (Å²) in [4.78, 5) is 17.7. The monoisotopic (exact) mass is 307 g/mol. The Hall–Kier alpha value is -2.48. The summed E-state index contributed by atoms with van der Waals surface area (Å²) in [5.41, 5.74) is 11.9. The topological polar surface area (TPSA) is 119 Å². The Morgan fingerprint density at radius 2 is 1.95 bits per heavy atom. The fourth-order valence-electron chi connectivity index (χ4n) is 1.68. The molecular weight excluding hydrogens is 290 g/mol. The van der Waals surface area contributed by atoms with Gasteiger partial charge in [0.25, 0.3) is 0 Å². The molecular formula is C13H17N5O2S+2. The van der Waals surface area contributed by atoms with Crippen molar-refractivity contribution in [2.45, 2.75) is 5.16 Å². The van der Waals surface area contributed by atoms with Gasteiger partial charge in [0.15, 0.2) is 0 Å². The zero-order valence-electron chi connectivity index (χ0n) is 11.5. The lowest BCUT2D eigenvalue weighted by atomic mass is 10.3. The predicted octanol–water partition coefficient (Wildman–Crippen LogP) is 0.219. The fourth-order valence-corrected chi connectivity index (χ4v) is 2.40. The van der Waals surface area contributed by atoms with Crippen LogP contribution in [0.15, 0.2) is 35.5 Å². The van der Waals surface area contributed by atoms with Crippen molar-refractivity contribution in [1.29, 1.82) is 0 Å². The van der Waals surface area contributed by atoms with Crippen molar-refractivity contribution in [1.82, 2.24) is 0 Å². The molecule has 0 aliphatic heterocycles. The highest BCUT2D eigenvalue weighted by molar-refractivity contribution is 7.99. The molecule has 0 aliphatic rings. The van der Waals surface area contributed by atoms with E-state index in [1.54, 1.807) is 25.3 Å². The number of aromatic amines is 2. The van der Waals surface area contributed by atoms with Crippen LogP contribution in [0.5, 0.6) is 5.75 Å². The molecule has 0 radical (unpaired) electrons. The molecule has 0 bridgehead atoms. The quantitative estimate of drug-likeness (QED) is 0.539. The summed E-state index contributed by atoms with van der Waals surface area (Å²) in [5, 5.41) is 3.40. The number of amides is 1. The van der Waals surface area contributed by atoms with Gasteiger partial charge in [-0.3, -0.25) is 10.5 Å². The zero-order chi connectivity index (χ0) is 15.2. The van der Waals surface area contributed by atoms with Gasteiger partial charge in [-0.25, -0.2) is 0 Å². The Morgan fingerprint density at radius 3 is 2.62 bits per heavy atom. The highest BCUT2D eigenvalue weighted by atomic mass is 32.2. The summed E-state index contributed by atoms with van der Waals surface area (Å²) >= 11 is 1.27. The highest BCUT2D eigenvalue weighted by Crippen LogP contribution is 2.23. The van der Waals surface area contributed by atoms with E-state index in [9.17, 15) is 4.79 Å². The number of anilines is 3. The third-order valence-corrected chi connectivity index (χ3v) is 3.45. The van der Waals surface area contributed by atoms with Crippen LogP contribution in [0, 0.1) is 0 Å². The average Bonchev–Trinajstić information content (AvgIpc) is 2.45. The van der Waals surface area contributed by atoms with Crippen LogP contribution in [-0.4, -0.2) is 18.8 Å². The molecule has 0 aliphatic carbocycles. The fraction of sp³-hybridized carbons (Fsp3) is 0.154. The highest BCUT2D eigenvalue weighted by Gasteiger charge is 2.14. The first kappa shape index (κ1) is 14.9. The van der Waals surface area contributed by atoms with Gasteiger partial charge in [-0.05, 0) is 23.9 Å². The van der Waals surface area contributed by atoms with Crippen molar-refractivity contribution in [3.8, 4) is 5.75 Å². The van der Waals surface area contributed by atoms with Crippen LogP contribution < -0.4 is 31.5 Å². The molecule has 0 fully saturated rings. The summed E-state index contributed by atoms with van der Waals surface area (Å²) in [7, 11) is 1.55. The lowest BCUT2D eigenvalue weighted by molar-refractivity contribution is -0.590. The van der Waals surface area contributed by atoms with Crippen LogP contribution in [0.3, 0.4) is 0 Å². The first-order chi connectivity index (χ1) is 10.1. The van der Waals surface area contributed by atoms with Gasteiger partial charge in [0, 0.05) is 0 Å². The predicted molar refractivity (Wildman–Crippen MR) is 80.7 cm³/mol. The molecule has 7 nitrogen and oxygen atoms in total. The molecule has 2 rings (SSSR count). The van der Waals surface area contributed by atoms with Crippen molar-refractivity contribution in [2.75, 3.05) is 29.6 Å². The Balaban J connectivity index is 1.96. The van der Waals surface area contributed by atoms with Crippen molar-refractivity contribution in [3.63, 3.8) is 0 Å². The van der Waals surface area contributed by atoms with Gasteiger partial charge in [0.1, 0.15) is 11.8 Å². The molecule has 8 heteroatoms. The van der Waals surface area contributed by atoms with E-state index in [1.165, 1.54) is 11.8 Å². The van der Waals surface area contributed by atoms with Gasteiger partial charge in [0.2, 0.25) is 11.7 Å². The van der Waals surface area contributed by atoms with E-state index in [1.807, 2.05) is 12.1 Å². The van der Waals surface area contributed by atoms with E-state index in [4.69, 9.17) is 16.2 Å². The van der Waals surface area contributed by atoms with Crippen LogP contribution in [0.4, 0.5) is 17.3 Å². The number of nitrogens with one attached hydrogen (secondary N) is 3. The van der Waals surface area contributed by atoms with E-state index < -0.39 is 0 Å². The second-order valence-electron chi connectivity index (χ2n) is 4.17. The maximum atomic E-state index is 11.9. The standard InChI is InChI=1S/C13H15N5O2S/c1-20-9-5-3-2-4-8(9)16-12(19)7-21-13-17-10(14)6-11(15)18-13/h2-6H,7H2,1H3,(H,16,19)(H4,14,15,17,18)/p+2. The molecule has 7 N–H and O–H groups in total. The minimum absolute atomic E-state index is 0.160. The number of nitrogens with two attached hydrogens (primary N) is 2. The zero-order valence-corrected chi connectivity index (χ0v) is 12.3. The van der Waals surface area contributed by atoms with Gasteiger partial charge in [-0.1, -0.05) is 12.1 Å². The smallest absolute Gasteiger partial charge is 0.375 e. The van der Waals surface area contributed by atoms with E-state index in [0.29, 0.717) is 28.2 Å². The summed E-state index contributed by atoms with van der Waals surface area (Å²) in [6.45, 7) is 0. The third kappa shape index (κ3) is 4.25. The van der Waals surface area contributed by atoms with Crippen molar-refractivity contribution >= 4 is 35.0 Å². The molecule has 1 aromatic carbocycles. The Kier molecular flexibility index (Phi) is 4.83. The van der Waals surface area contributed by atoms with Crippen LogP contribution in [-0.2, 0) is 4.79 Å². The lowest BCUT2D eigenvalue weighted by Gasteiger charge is -2.08. The number of methoxy groups -OCH3 is 1. The Morgan fingerprint density at radius 1 is 1.29 bits per heavy atom. The molecule has 0 unspecified atom stereocenters. The summed E-state index contributed by atoms with van der Waals surface area (Å²) in [5.74, 6) is 1.51. The number of H-pyrrole nitrogens is 2. The molecule has 0 spiro atoms. The lowest BCUT2D eigenvalue weighted by Crippen LogP contribution is -2.28. The molecule has 0 saturated heterocycles. The SMILES string of the molecule is COc1ccccc1NC(=O)CSc1[nH+]c(N)cc(N)[nH+]1. The minimum Gasteiger partial charge on any atom is -0.495 e. The number of carbonyl (C=O) groups is 1. The van der Waals surface area contributed by atoms with Gasteiger partial charge in [-0.15, -0.1) is 0 Å². The van der Waals surface area contributed by atoms with Gasteiger partial charge < -0.3 is 15.8 Å². The molecule has 110 valence electrons. The number of para-hydroxylation sites is 2. The molecule has 2 aromatic rings. The maximum absolute atomic E-state index is 11.9. The third-order valence-electron chi connectivity index (χ3n) is 2.56. The number of hydrogen-bond donors (Lipinski definition) is 3. The number of nitrogen functional groups attached to an aromatic ring is 2. The van der Waals surface area contributed by atoms with Crippen molar-refractivity contribution in [3.05, 3.63) is 30.3 Å². The maximum Gasteiger partial charge on any atom is 0.375 e. The number of hydrogen-bond acceptors (Lipinski definition) is 5. The minimum atomic E-state index is -0.160. The van der Waals surface area contributed by atoms with Crippen molar-refractivity contribution < 1.29 is 19.5 Å². The summed E-state index contributed by atoms with van der Waals surface area (Å²) in [6.07, 6.45) is 0. The number of rotatable bonds is 5. The van der Waals surface area contributed by atoms with Gasteiger partial charge in [-0.2, -0.15) is 9.97 Å². The van der Waals surface area contributed by atoms with Crippen LogP contribution in [0.25, 0.3) is 0 Å². The molecule has 0 atom stereocenters. The number of ether oxygens (including phenoxy) is 1. The van der Waals surface area contributed by atoms with Crippen LogP contribution >= 0.6 is 11.8 Å². The second-order valence-corrected chi connectivity index (χ2v) is 5.16. The van der Waals surface area contributed by atoms with Crippen LogP contribution in [0.2, 0.25) is 0 Å². The average molecular weight is 307 g/mol. The van der Waals surface area contributed by atoms with E-state index in [-0.39, 0.29) is 11.7 Å². The van der Waals surface area contributed by atoms with Crippen LogP contribution in [0.1, 0.15) is 0 Å². The number of aromatic nitrogens is 2. The normalized spacial score (nSPS) is 10.1. The van der Waals surface area contributed by atoms with E-state index in [0.717, 1.165) is 0 Å². The summed E-state index contributed by atoms with van der Waals surface area (Å²) < 4.78 is 5.17. The van der Waals surface area contributed by atoms with Gasteiger partial charge in [0.05, 0.1) is 18.6 Å². The summed E-state index contributed by atoms with van der Waals surface area (Å²) in [6, 6.07) is 8.79. The molecule has 1 aromatic heterocycles. The molecule has 0 saturated carbocycles. The first-order valence-electron chi connectivity index (χ1n) is 6.14. The van der Waals surface area contributed by atoms with Gasteiger partial charge >= 0.3 is 11.0 Å². The molecule has 21 heavy (non-hydrogen) atoms. The van der Waals surface area contributed by atoms with E-state index in [2.05, 4.69) is 15.3 Å². The Labute approximate surface area is 126 Å². The molecule has 1 amide bonds. The van der Waals surface area contributed by atoms with E-state index >= 15 is 0 Å². The number of benzene rings is 1. The van der Waals surface area contributed by atoms with Crippen molar-refractivity contribution in [2.24, 2.45) is 0 Å². The Bertz CT molecular complexity index is 630. The number of thioether (sulfide) groups is 1. The largest absolute Gasteiger partial charge is 0.495 e. The number of carbonyl (C=O) groups excluding carboxylic acids is 1. The second kappa shape index (κ2) is 6.80. The first-order valence-corrected chi connectivity index (χ1v) is 7.13. The molecule has 1 heterocycles.